The van der Waals surface area contributed by atoms with Crippen LogP contribution in [-0.2, 0) is 4.79 Å². The maximum atomic E-state index is 12.7. The Morgan fingerprint density at radius 1 is 1.24 bits per heavy atom. The van der Waals surface area contributed by atoms with E-state index in [4.69, 9.17) is 4.74 Å². The first-order chi connectivity index (χ1) is 16.3. The molecule has 8 heteroatoms. The first kappa shape index (κ1) is 24.6. The summed E-state index contributed by atoms with van der Waals surface area (Å²) in [6.07, 6.45) is -0.584. The third-order valence-electron chi connectivity index (χ3n) is 6.32. The summed E-state index contributed by atoms with van der Waals surface area (Å²) >= 11 is 1.66. The number of β-amino-alcohol motifs (C(OH)–C–C–N with tert-alkyl or cyclic N) is 1. The molecule has 0 bridgehead atoms. The Labute approximate surface area is 205 Å². The maximum Gasteiger partial charge on any atom is 0.238 e. The molecule has 7 nitrogen and oxygen atoms in total. The largest absolute Gasteiger partial charge is 0.491 e. The molecule has 182 valence electrons. The molecule has 1 aromatic heterocycles. The molecule has 1 amide bonds. The van der Waals surface area contributed by atoms with Gasteiger partial charge in [0.2, 0.25) is 5.91 Å². The van der Waals surface area contributed by atoms with Gasteiger partial charge in [-0.2, -0.15) is 0 Å². The quantitative estimate of drug-likeness (QED) is 0.511. The first-order valence-electron chi connectivity index (χ1n) is 11.8. The second-order valence-corrected chi connectivity index (χ2v) is 10.5. The number of nitrogens with one attached hydrogen (secondary N) is 1. The molecule has 1 unspecified atom stereocenters. The van der Waals surface area contributed by atoms with Crippen LogP contribution in [0.5, 0.6) is 5.75 Å². The molecule has 2 aromatic carbocycles. The van der Waals surface area contributed by atoms with E-state index < -0.39 is 6.10 Å². The first-order valence-corrected chi connectivity index (χ1v) is 12.6. The lowest BCUT2D eigenvalue weighted by molar-refractivity contribution is -0.118. The van der Waals surface area contributed by atoms with E-state index in [1.165, 1.54) is 0 Å². The van der Waals surface area contributed by atoms with Crippen molar-refractivity contribution in [3.05, 3.63) is 52.5 Å². The minimum absolute atomic E-state index is 0.0124. The number of piperazine rings is 1. The number of carbonyl (C=O) groups is 1. The van der Waals surface area contributed by atoms with Gasteiger partial charge in [-0.1, -0.05) is 18.2 Å². The van der Waals surface area contributed by atoms with Crippen LogP contribution in [0, 0.1) is 20.8 Å². The van der Waals surface area contributed by atoms with Crippen molar-refractivity contribution >= 4 is 33.1 Å². The van der Waals surface area contributed by atoms with Crippen molar-refractivity contribution in [2.75, 3.05) is 44.6 Å². The third kappa shape index (κ3) is 6.13. The van der Waals surface area contributed by atoms with Crippen LogP contribution in [0.15, 0.2) is 36.4 Å². The van der Waals surface area contributed by atoms with Crippen LogP contribution < -0.4 is 10.1 Å². The van der Waals surface area contributed by atoms with Crippen LogP contribution >= 0.6 is 11.3 Å². The molecule has 2 heterocycles. The van der Waals surface area contributed by atoms with Gasteiger partial charge in [-0.25, -0.2) is 4.98 Å². The Bertz CT molecular complexity index is 1130. The number of para-hydroxylation sites is 1. The average Bonchev–Trinajstić information content (AvgIpc) is 3.16. The van der Waals surface area contributed by atoms with Crippen molar-refractivity contribution in [2.45, 2.75) is 39.8 Å². The van der Waals surface area contributed by atoms with Gasteiger partial charge in [-0.15, -0.1) is 11.3 Å². The number of aliphatic hydroxyl groups excluding tert-OH is 1. The molecule has 1 aliphatic rings. The molecule has 0 spiro atoms. The minimum Gasteiger partial charge on any atom is -0.491 e. The standard InChI is InChI=1S/C26H34N4O3S/c1-17-6-5-7-18(2)26(17)28-25(32)15-30-11-10-29(13-19(30)3)14-21(31)16-33-22-8-9-24-23(12-22)27-20(4)34-24/h5-9,12,19,21,31H,10-11,13-16H2,1-4H3,(H,28,32)/t19?,21-/m0/s1. The fourth-order valence-electron chi connectivity index (χ4n) is 4.50. The highest BCUT2D eigenvalue weighted by Gasteiger charge is 2.26. The number of fused-ring (bicyclic) bond motifs is 1. The Balaban J connectivity index is 1.22. The predicted molar refractivity (Wildman–Crippen MR) is 138 cm³/mol. The molecular weight excluding hydrogens is 448 g/mol. The Morgan fingerprint density at radius 2 is 2.00 bits per heavy atom. The molecule has 4 rings (SSSR count). The Morgan fingerprint density at radius 3 is 2.74 bits per heavy atom. The number of hydrogen-bond donors (Lipinski definition) is 2. The minimum atomic E-state index is -0.584. The molecule has 0 saturated carbocycles. The summed E-state index contributed by atoms with van der Waals surface area (Å²) in [5, 5.41) is 14.6. The van der Waals surface area contributed by atoms with Crippen molar-refractivity contribution in [1.82, 2.24) is 14.8 Å². The van der Waals surface area contributed by atoms with Gasteiger partial charge in [-0.05, 0) is 51.0 Å². The summed E-state index contributed by atoms with van der Waals surface area (Å²) in [6.45, 7) is 11.7. The summed E-state index contributed by atoms with van der Waals surface area (Å²) in [6, 6.07) is 12.1. The Kier molecular flexibility index (Phi) is 7.83. The number of ether oxygens (including phenoxy) is 1. The van der Waals surface area contributed by atoms with Gasteiger partial charge in [0.25, 0.3) is 0 Å². The molecule has 1 aliphatic heterocycles. The lowest BCUT2D eigenvalue weighted by Crippen LogP contribution is -2.55. The zero-order valence-corrected chi connectivity index (χ0v) is 21.2. The topological polar surface area (TPSA) is 77.9 Å². The monoisotopic (exact) mass is 482 g/mol. The number of nitrogens with zero attached hydrogens (tertiary/aromatic N) is 3. The summed E-state index contributed by atoms with van der Waals surface area (Å²) in [4.78, 5) is 21.6. The molecular formula is C26H34N4O3S. The number of benzene rings is 2. The zero-order valence-electron chi connectivity index (χ0n) is 20.4. The molecule has 3 aromatic rings. The van der Waals surface area contributed by atoms with Crippen LogP contribution in [0.3, 0.4) is 0 Å². The van der Waals surface area contributed by atoms with Gasteiger partial charge in [-0.3, -0.25) is 14.6 Å². The number of aliphatic hydroxyl groups is 1. The fourth-order valence-corrected chi connectivity index (χ4v) is 5.31. The number of hydrogen-bond acceptors (Lipinski definition) is 7. The number of aromatic nitrogens is 1. The Hall–Kier alpha value is -2.52. The van der Waals surface area contributed by atoms with E-state index in [1.807, 2.05) is 57.2 Å². The van der Waals surface area contributed by atoms with E-state index in [1.54, 1.807) is 11.3 Å². The van der Waals surface area contributed by atoms with Crippen molar-refractivity contribution in [3.63, 3.8) is 0 Å². The highest BCUT2D eigenvalue weighted by molar-refractivity contribution is 7.18. The highest BCUT2D eigenvalue weighted by atomic mass is 32.1. The summed E-state index contributed by atoms with van der Waals surface area (Å²) in [5.41, 5.74) is 3.99. The van der Waals surface area contributed by atoms with Gasteiger partial charge in [0.15, 0.2) is 0 Å². The highest BCUT2D eigenvalue weighted by Crippen LogP contribution is 2.25. The van der Waals surface area contributed by atoms with E-state index >= 15 is 0 Å². The van der Waals surface area contributed by atoms with Crippen LogP contribution in [0.25, 0.3) is 10.2 Å². The normalized spacial score (nSPS) is 18.2. The van der Waals surface area contributed by atoms with Crippen LogP contribution in [0.4, 0.5) is 5.69 Å². The molecule has 1 saturated heterocycles. The van der Waals surface area contributed by atoms with Gasteiger partial charge < -0.3 is 15.2 Å². The van der Waals surface area contributed by atoms with Gasteiger partial charge >= 0.3 is 0 Å². The van der Waals surface area contributed by atoms with Crippen molar-refractivity contribution in [2.24, 2.45) is 0 Å². The van der Waals surface area contributed by atoms with Crippen LogP contribution in [0.1, 0.15) is 23.1 Å². The summed E-state index contributed by atoms with van der Waals surface area (Å²) in [7, 11) is 0. The molecule has 0 radical (unpaired) electrons. The summed E-state index contributed by atoms with van der Waals surface area (Å²) in [5.74, 6) is 0.739. The number of anilines is 1. The number of carbonyl (C=O) groups excluding carboxylic acids is 1. The van der Waals surface area contributed by atoms with E-state index in [2.05, 4.69) is 27.0 Å². The van der Waals surface area contributed by atoms with E-state index in [0.29, 0.717) is 13.1 Å². The van der Waals surface area contributed by atoms with Crippen LogP contribution in [-0.4, -0.2) is 77.3 Å². The number of thiazole rings is 1. The fraction of sp³-hybridized carbons (Fsp3) is 0.462. The number of amides is 1. The van der Waals surface area contributed by atoms with Crippen molar-refractivity contribution in [3.8, 4) is 5.75 Å². The molecule has 34 heavy (non-hydrogen) atoms. The maximum absolute atomic E-state index is 12.7. The molecule has 1 fully saturated rings. The van der Waals surface area contributed by atoms with Crippen LogP contribution in [0.2, 0.25) is 0 Å². The van der Waals surface area contributed by atoms with Crippen molar-refractivity contribution in [1.29, 1.82) is 0 Å². The second kappa shape index (κ2) is 10.8. The van der Waals surface area contributed by atoms with Crippen molar-refractivity contribution < 1.29 is 14.6 Å². The third-order valence-corrected chi connectivity index (χ3v) is 7.27. The smallest absolute Gasteiger partial charge is 0.238 e. The van der Waals surface area contributed by atoms with E-state index in [-0.39, 0.29) is 18.6 Å². The summed E-state index contributed by atoms with van der Waals surface area (Å²) < 4.78 is 6.97. The predicted octanol–water partition coefficient (Wildman–Crippen LogP) is 3.61. The average molecular weight is 483 g/mol. The van der Waals surface area contributed by atoms with Gasteiger partial charge in [0, 0.05) is 44.0 Å². The molecule has 2 N–H and O–H groups in total. The zero-order chi connectivity index (χ0) is 24.2. The van der Waals surface area contributed by atoms with Gasteiger partial charge in [0.05, 0.1) is 21.8 Å². The number of rotatable bonds is 8. The van der Waals surface area contributed by atoms with E-state index in [9.17, 15) is 9.90 Å². The second-order valence-electron chi connectivity index (χ2n) is 9.22. The lowest BCUT2D eigenvalue weighted by atomic mass is 10.1. The SMILES string of the molecule is Cc1nc2cc(OC[C@@H](O)CN3CCN(CC(=O)Nc4c(C)cccc4C)C(C)C3)ccc2s1. The number of aryl methyl sites for hydroxylation is 3. The van der Waals surface area contributed by atoms with E-state index in [0.717, 1.165) is 57.4 Å². The van der Waals surface area contributed by atoms with Gasteiger partial charge in [0.1, 0.15) is 18.5 Å². The molecule has 0 aliphatic carbocycles. The molecule has 2 atom stereocenters. The lowest BCUT2D eigenvalue weighted by Gasteiger charge is -2.40.